The molecule has 2 amide bonds. The molecule has 2 aromatic rings. The lowest BCUT2D eigenvalue weighted by atomic mass is 9.95. The molecule has 2 aliphatic rings. The van der Waals surface area contributed by atoms with Crippen molar-refractivity contribution >= 4 is 11.8 Å². The second-order valence-electron chi connectivity index (χ2n) is 8.86. The number of hydrogen-bond donors (Lipinski definition) is 1. The molecule has 1 aliphatic heterocycles. The highest BCUT2D eigenvalue weighted by Crippen LogP contribution is 2.32. The van der Waals surface area contributed by atoms with Gasteiger partial charge in [-0.05, 0) is 61.6 Å². The first-order valence-corrected chi connectivity index (χ1v) is 11.7. The van der Waals surface area contributed by atoms with Crippen LogP contribution < -0.4 is 14.8 Å². The second-order valence-corrected chi connectivity index (χ2v) is 8.86. The van der Waals surface area contributed by atoms with E-state index >= 15 is 0 Å². The van der Waals surface area contributed by atoms with Gasteiger partial charge in [-0.1, -0.05) is 37.5 Å². The molecule has 1 heterocycles. The Morgan fingerprint density at radius 2 is 1.73 bits per heavy atom. The SMILES string of the molecule is CC(C(=O)NC1CCCCC1)N(Cc1ccc(F)cc1)C(=O)CCc1ccc2c(c1)OCO2. The molecular formula is C26H31FN2O4. The molecule has 1 N–H and O–H groups in total. The van der Waals surface area contributed by atoms with Gasteiger partial charge in [-0.2, -0.15) is 0 Å². The monoisotopic (exact) mass is 454 g/mol. The Bertz CT molecular complexity index is 973. The van der Waals surface area contributed by atoms with Crippen molar-refractivity contribution < 1.29 is 23.5 Å². The van der Waals surface area contributed by atoms with Crippen molar-refractivity contribution in [3.05, 3.63) is 59.4 Å². The number of nitrogens with zero attached hydrogens (tertiary/aromatic N) is 1. The van der Waals surface area contributed by atoms with Crippen molar-refractivity contribution in [2.75, 3.05) is 6.79 Å². The third-order valence-corrected chi connectivity index (χ3v) is 6.45. The van der Waals surface area contributed by atoms with Gasteiger partial charge in [0, 0.05) is 19.0 Å². The fourth-order valence-electron chi connectivity index (χ4n) is 4.43. The molecular weight excluding hydrogens is 423 g/mol. The summed E-state index contributed by atoms with van der Waals surface area (Å²) in [6, 6.07) is 11.3. The van der Waals surface area contributed by atoms with Gasteiger partial charge in [-0.25, -0.2) is 4.39 Å². The number of nitrogens with one attached hydrogen (secondary N) is 1. The first-order chi connectivity index (χ1) is 16.0. The number of ether oxygens (including phenoxy) is 2. The van der Waals surface area contributed by atoms with Crippen molar-refractivity contribution in [2.24, 2.45) is 0 Å². The predicted molar refractivity (Wildman–Crippen MR) is 122 cm³/mol. The predicted octanol–water partition coefficient (Wildman–Crippen LogP) is 4.35. The minimum Gasteiger partial charge on any atom is -0.454 e. The largest absolute Gasteiger partial charge is 0.454 e. The lowest BCUT2D eigenvalue weighted by Gasteiger charge is -2.31. The normalized spacial score (nSPS) is 16.3. The summed E-state index contributed by atoms with van der Waals surface area (Å²) in [5.41, 5.74) is 1.75. The summed E-state index contributed by atoms with van der Waals surface area (Å²) in [5, 5.41) is 3.13. The molecule has 7 heteroatoms. The highest BCUT2D eigenvalue weighted by atomic mass is 19.1. The van der Waals surface area contributed by atoms with Gasteiger partial charge in [0.2, 0.25) is 18.6 Å². The molecule has 0 radical (unpaired) electrons. The van der Waals surface area contributed by atoms with Crippen molar-refractivity contribution in [3.63, 3.8) is 0 Å². The number of carbonyl (C=O) groups is 2. The van der Waals surface area contributed by atoms with Crippen molar-refractivity contribution in [3.8, 4) is 11.5 Å². The number of aryl methyl sites for hydroxylation is 1. The molecule has 1 aliphatic carbocycles. The number of hydrogen-bond acceptors (Lipinski definition) is 4. The Morgan fingerprint density at radius 1 is 1.03 bits per heavy atom. The van der Waals surface area contributed by atoms with Gasteiger partial charge < -0.3 is 19.7 Å². The number of carbonyl (C=O) groups excluding carboxylic acids is 2. The van der Waals surface area contributed by atoms with Gasteiger partial charge in [-0.3, -0.25) is 9.59 Å². The summed E-state index contributed by atoms with van der Waals surface area (Å²) >= 11 is 0. The Kier molecular flexibility index (Phi) is 7.47. The van der Waals surface area contributed by atoms with Crippen LogP contribution in [0.5, 0.6) is 11.5 Å². The molecule has 1 fully saturated rings. The van der Waals surface area contributed by atoms with E-state index in [9.17, 15) is 14.0 Å². The van der Waals surface area contributed by atoms with E-state index in [0.717, 1.165) is 36.8 Å². The standard InChI is InChI=1S/C26H31FN2O4/c1-18(26(31)28-22-5-3-2-4-6-22)29(16-20-7-11-21(27)12-8-20)25(30)14-10-19-9-13-23-24(15-19)33-17-32-23/h7-9,11-13,15,18,22H,2-6,10,14,16-17H2,1H3,(H,28,31). The van der Waals surface area contributed by atoms with Crippen molar-refractivity contribution in [1.29, 1.82) is 0 Å². The minimum absolute atomic E-state index is 0.122. The van der Waals surface area contributed by atoms with Gasteiger partial charge in [0.1, 0.15) is 11.9 Å². The van der Waals surface area contributed by atoms with Crippen LogP contribution in [0, 0.1) is 5.82 Å². The van der Waals surface area contributed by atoms with Crippen LogP contribution in [0.25, 0.3) is 0 Å². The van der Waals surface area contributed by atoms with Gasteiger partial charge >= 0.3 is 0 Å². The van der Waals surface area contributed by atoms with Gasteiger partial charge in [0.15, 0.2) is 11.5 Å². The molecule has 4 rings (SSSR count). The van der Waals surface area contributed by atoms with E-state index in [1.165, 1.54) is 18.6 Å². The highest BCUT2D eigenvalue weighted by molar-refractivity contribution is 5.87. The van der Waals surface area contributed by atoms with Gasteiger partial charge in [0.25, 0.3) is 0 Å². The summed E-state index contributed by atoms with van der Waals surface area (Å²) in [6.45, 7) is 2.22. The maximum Gasteiger partial charge on any atom is 0.242 e. The zero-order valence-electron chi connectivity index (χ0n) is 19.0. The molecule has 2 aromatic carbocycles. The molecule has 0 spiro atoms. The van der Waals surface area contributed by atoms with Crippen LogP contribution in [0.3, 0.4) is 0 Å². The van der Waals surface area contributed by atoms with Crippen LogP contribution >= 0.6 is 0 Å². The molecule has 0 bridgehead atoms. The molecule has 1 unspecified atom stereocenters. The second kappa shape index (κ2) is 10.7. The Labute approximate surface area is 194 Å². The average Bonchev–Trinajstić information content (AvgIpc) is 3.30. The number of benzene rings is 2. The molecule has 33 heavy (non-hydrogen) atoms. The number of fused-ring (bicyclic) bond motifs is 1. The first-order valence-electron chi connectivity index (χ1n) is 11.7. The molecule has 1 saturated carbocycles. The lowest BCUT2D eigenvalue weighted by molar-refractivity contribution is -0.141. The Hall–Kier alpha value is -3.09. The number of amides is 2. The Balaban J connectivity index is 1.44. The zero-order valence-corrected chi connectivity index (χ0v) is 19.0. The Morgan fingerprint density at radius 3 is 2.48 bits per heavy atom. The lowest BCUT2D eigenvalue weighted by Crippen LogP contribution is -2.50. The quantitative estimate of drug-likeness (QED) is 0.644. The molecule has 1 atom stereocenters. The van der Waals surface area contributed by atoms with E-state index < -0.39 is 6.04 Å². The fraction of sp³-hybridized carbons (Fsp3) is 0.462. The third kappa shape index (κ3) is 6.03. The zero-order chi connectivity index (χ0) is 23.2. The van der Waals surface area contributed by atoms with Crippen LogP contribution in [0.2, 0.25) is 0 Å². The minimum atomic E-state index is -0.624. The summed E-state index contributed by atoms with van der Waals surface area (Å²) in [4.78, 5) is 27.9. The van der Waals surface area contributed by atoms with Crippen LogP contribution in [-0.2, 0) is 22.6 Å². The summed E-state index contributed by atoms with van der Waals surface area (Å²) < 4.78 is 24.1. The topological polar surface area (TPSA) is 67.9 Å². The van der Waals surface area contributed by atoms with Gasteiger partial charge in [0.05, 0.1) is 0 Å². The van der Waals surface area contributed by atoms with E-state index in [1.54, 1.807) is 24.0 Å². The van der Waals surface area contributed by atoms with E-state index in [-0.39, 0.29) is 43.4 Å². The highest BCUT2D eigenvalue weighted by Gasteiger charge is 2.28. The maximum absolute atomic E-state index is 13.4. The van der Waals surface area contributed by atoms with Crippen molar-refractivity contribution in [2.45, 2.75) is 70.5 Å². The van der Waals surface area contributed by atoms with E-state index in [1.807, 2.05) is 18.2 Å². The summed E-state index contributed by atoms with van der Waals surface area (Å²) in [5.74, 6) is 0.797. The van der Waals surface area contributed by atoms with Crippen molar-refractivity contribution in [1.82, 2.24) is 10.2 Å². The van der Waals surface area contributed by atoms with Crippen LogP contribution in [0.1, 0.15) is 56.6 Å². The average molecular weight is 455 g/mol. The van der Waals surface area contributed by atoms with E-state index in [0.29, 0.717) is 17.9 Å². The molecule has 176 valence electrons. The number of halogens is 1. The number of rotatable bonds is 8. The molecule has 0 saturated heterocycles. The fourth-order valence-corrected chi connectivity index (χ4v) is 4.43. The van der Waals surface area contributed by atoms with Crippen LogP contribution in [-0.4, -0.2) is 35.6 Å². The molecule has 0 aromatic heterocycles. The summed E-state index contributed by atoms with van der Waals surface area (Å²) in [7, 11) is 0. The van der Waals surface area contributed by atoms with Crippen LogP contribution in [0.15, 0.2) is 42.5 Å². The molecule has 6 nitrogen and oxygen atoms in total. The van der Waals surface area contributed by atoms with Crippen LogP contribution in [0.4, 0.5) is 4.39 Å². The first kappa shape index (κ1) is 23.1. The third-order valence-electron chi connectivity index (χ3n) is 6.45. The smallest absolute Gasteiger partial charge is 0.242 e. The summed E-state index contributed by atoms with van der Waals surface area (Å²) in [6.07, 6.45) is 6.17. The van der Waals surface area contributed by atoms with Gasteiger partial charge in [-0.15, -0.1) is 0 Å². The maximum atomic E-state index is 13.4. The van der Waals surface area contributed by atoms with E-state index in [2.05, 4.69) is 5.32 Å². The van der Waals surface area contributed by atoms with E-state index in [4.69, 9.17) is 9.47 Å².